The molecule has 1 aliphatic heterocycles. The van der Waals surface area contributed by atoms with Gasteiger partial charge in [-0.25, -0.2) is 0 Å². The second-order valence-corrected chi connectivity index (χ2v) is 7.22. The van der Waals surface area contributed by atoms with Crippen LogP contribution in [0.1, 0.15) is 24.1 Å². The molecule has 0 aromatic heterocycles. The van der Waals surface area contributed by atoms with Crippen LogP contribution in [0.5, 0.6) is 0 Å². The Morgan fingerprint density at radius 1 is 1.12 bits per heavy atom. The number of non-ortho nitro benzene ring substituents is 1. The van der Waals surface area contributed by atoms with Crippen molar-refractivity contribution in [2.75, 3.05) is 26.2 Å². The van der Waals surface area contributed by atoms with Crippen LogP contribution in [0.3, 0.4) is 0 Å². The zero-order valence-corrected chi connectivity index (χ0v) is 15.1. The molecule has 0 amide bonds. The molecule has 1 atom stereocenters. The van der Waals surface area contributed by atoms with Gasteiger partial charge in [0, 0.05) is 28.3 Å². The topological polar surface area (TPSA) is 52.0 Å². The summed E-state index contributed by atoms with van der Waals surface area (Å²) in [6.45, 7) is 7.56. The molecule has 0 unspecified atom stereocenters. The molecular weight excluding hydrogens is 338 g/mol. The molecule has 25 heavy (non-hydrogen) atoms. The molecular formula is C19H24ClN3O2+2. The lowest BCUT2D eigenvalue weighted by Crippen LogP contribution is -3.27. The SMILES string of the molecule is C[C@H](c1cccc([N+](=O)[O-])c1)[NH+]1CC[NH+](Cc2ccc(Cl)cc2)CC1. The molecule has 2 N–H and O–H groups in total. The third-order valence-corrected chi connectivity index (χ3v) is 5.41. The van der Waals surface area contributed by atoms with Crippen LogP contribution in [0.2, 0.25) is 5.02 Å². The fourth-order valence-corrected chi connectivity index (χ4v) is 3.69. The first-order chi connectivity index (χ1) is 12.0. The summed E-state index contributed by atoms with van der Waals surface area (Å²) in [6, 6.07) is 15.4. The minimum atomic E-state index is -0.320. The Bertz CT molecular complexity index is 728. The maximum Gasteiger partial charge on any atom is 0.269 e. The Balaban J connectivity index is 1.57. The largest absolute Gasteiger partial charge is 0.322 e. The molecule has 132 valence electrons. The molecule has 6 heteroatoms. The average molecular weight is 362 g/mol. The third-order valence-electron chi connectivity index (χ3n) is 5.16. The molecule has 0 spiro atoms. The summed E-state index contributed by atoms with van der Waals surface area (Å²) in [5, 5.41) is 11.8. The van der Waals surface area contributed by atoms with E-state index in [0.29, 0.717) is 0 Å². The zero-order chi connectivity index (χ0) is 17.8. The van der Waals surface area contributed by atoms with Crippen LogP contribution in [-0.2, 0) is 6.54 Å². The average Bonchev–Trinajstić information content (AvgIpc) is 2.64. The molecule has 0 radical (unpaired) electrons. The van der Waals surface area contributed by atoms with Gasteiger partial charge in [0.25, 0.3) is 5.69 Å². The number of hydrogen-bond donors (Lipinski definition) is 2. The highest BCUT2D eigenvalue weighted by molar-refractivity contribution is 6.30. The van der Waals surface area contributed by atoms with Gasteiger partial charge < -0.3 is 9.80 Å². The van der Waals surface area contributed by atoms with Crippen LogP contribution >= 0.6 is 11.6 Å². The van der Waals surface area contributed by atoms with Crippen molar-refractivity contribution < 1.29 is 14.7 Å². The Hall–Kier alpha value is -1.95. The molecule has 2 aromatic carbocycles. The lowest BCUT2D eigenvalue weighted by molar-refractivity contribution is -1.03. The van der Waals surface area contributed by atoms with Crippen LogP contribution < -0.4 is 9.80 Å². The standard InChI is InChI=1S/C19H22ClN3O2/c1-15(17-3-2-4-19(13-17)23(24)25)22-11-9-21(10-12-22)14-16-5-7-18(20)8-6-16/h2-8,13,15H,9-12,14H2,1H3/p+2/t15-/m1/s1. The van der Waals surface area contributed by atoms with E-state index in [2.05, 4.69) is 19.1 Å². The number of rotatable bonds is 5. The summed E-state index contributed by atoms with van der Waals surface area (Å²) in [4.78, 5) is 13.7. The van der Waals surface area contributed by atoms with Crippen LogP contribution in [0.15, 0.2) is 48.5 Å². The van der Waals surface area contributed by atoms with E-state index in [1.807, 2.05) is 18.2 Å². The third kappa shape index (κ3) is 4.57. The van der Waals surface area contributed by atoms with Crippen molar-refractivity contribution in [3.63, 3.8) is 0 Å². The highest BCUT2D eigenvalue weighted by Crippen LogP contribution is 2.17. The van der Waals surface area contributed by atoms with E-state index in [4.69, 9.17) is 11.6 Å². The van der Waals surface area contributed by atoms with Crippen LogP contribution in [0.4, 0.5) is 5.69 Å². The van der Waals surface area contributed by atoms with Crippen molar-refractivity contribution in [3.05, 3.63) is 74.8 Å². The van der Waals surface area contributed by atoms with Gasteiger partial charge in [-0.2, -0.15) is 0 Å². The van der Waals surface area contributed by atoms with E-state index in [0.717, 1.165) is 43.3 Å². The van der Waals surface area contributed by atoms with Crippen LogP contribution in [-0.4, -0.2) is 31.1 Å². The van der Waals surface area contributed by atoms with Crippen LogP contribution in [0, 0.1) is 10.1 Å². The van der Waals surface area contributed by atoms with Crippen LogP contribution in [0.25, 0.3) is 0 Å². The lowest BCUT2D eigenvalue weighted by atomic mass is 10.1. The summed E-state index contributed by atoms with van der Waals surface area (Å²) < 4.78 is 0. The summed E-state index contributed by atoms with van der Waals surface area (Å²) in [5.74, 6) is 0. The number of benzene rings is 2. The lowest BCUT2D eigenvalue weighted by Gasteiger charge is -2.33. The molecule has 1 heterocycles. The number of quaternary nitrogens is 2. The number of hydrogen-bond acceptors (Lipinski definition) is 2. The van der Waals surface area contributed by atoms with Gasteiger partial charge in [-0.3, -0.25) is 10.1 Å². The van der Waals surface area contributed by atoms with Gasteiger partial charge in [0.15, 0.2) is 0 Å². The quantitative estimate of drug-likeness (QED) is 0.623. The summed E-state index contributed by atoms with van der Waals surface area (Å²) in [7, 11) is 0. The molecule has 1 aliphatic rings. The van der Waals surface area contributed by atoms with E-state index >= 15 is 0 Å². The Morgan fingerprint density at radius 2 is 1.80 bits per heavy atom. The van der Waals surface area contributed by atoms with E-state index in [-0.39, 0.29) is 16.7 Å². The first-order valence-electron chi connectivity index (χ1n) is 8.70. The van der Waals surface area contributed by atoms with Gasteiger partial charge in [-0.05, 0) is 19.1 Å². The molecule has 2 aromatic rings. The smallest absolute Gasteiger partial charge is 0.269 e. The van der Waals surface area contributed by atoms with Crippen molar-refractivity contribution in [2.24, 2.45) is 0 Å². The molecule has 0 saturated carbocycles. The number of nitrogens with one attached hydrogen (secondary N) is 2. The minimum Gasteiger partial charge on any atom is -0.322 e. The Kier molecular flexibility index (Phi) is 5.68. The minimum absolute atomic E-state index is 0.177. The number of nitro benzene ring substituents is 1. The van der Waals surface area contributed by atoms with Gasteiger partial charge in [0.2, 0.25) is 0 Å². The van der Waals surface area contributed by atoms with E-state index in [9.17, 15) is 10.1 Å². The van der Waals surface area contributed by atoms with Gasteiger partial charge in [0.1, 0.15) is 38.8 Å². The number of halogens is 1. The van der Waals surface area contributed by atoms with E-state index in [1.54, 1.807) is 23.1 Å². The molecule has 5 nitrogen and oxygen atoms in total. The zero-order valence-electron chi connectivity index (χ0n) is 14.4. The predicted molar refractivity (Wildman–Crippen MR) is 98.1 cm³/mol. The number of nitrogens with zero attached hydrogens (tertiary/aromatic N) is 1. The van der Waals surface area contributed by atoms with Crippen molar-refractivity contribution in [1.29, 1.82) is 0 Å². The second kappa shape index (κ2) is 7.95. The predicted octanol–water partition coefficient (Wildman–Crippen LogP) is 1.29. The number of nitro groups is 1. The highest BCUT2D eigenvalue weighted by atomic mass is 35.5. The monoisotopic (exact) mass is 361 g/mol. The molecule has 1 fully saturated rings. The van der Waals surface area contributed by atoms with E-state index in [1.165, 1.54) is 10.5 Å². The summed E-state index contributed by atoms with van der Waals surface area (Å²) >= 11 is 5.94. The second-order valence-electron chi connectivity index (χ2n) is 6.79. The molecule has 1 saturated heterocycles. The first-order valence-corrected chi connectivity index (χ1v) is 9.07. The Morgan fingerprint density at radius 3 is 2.44 bits per heavy atom. The van der Waals surface area contributed by atoms with Crippen molar-refractivity contribution in [3.8, 4) is 0 Å². The molecule has 0 aliphatic carbocycles. The fraction of sp³-hybridized carbons (Fsp3) is 0.368. The summed E-state index contributed by atoms with van der Waals surface area (Å²) in [5.41, 5.74) is 2.54. The van der Waals surface area contributed by atoms with Crippen molar-refractivity contribution in [1.82, 2.24) is 0 Å². The normalized spacial score (nSPS) is 21.7. The van der Waals surface area contributed by atoms with Gasteiger partial charge in [-0.1, -0.05) is 35.9 Å². The molecule has 3 rings (SSSR count). The highest BCUT2D eigenvalue weighted by Gasteiger charge is 2.28. The van der Waals surface area contributed by atoms with Gasteiger partial charge in [-0.15, -0.1) is 0 Å². The van der Waals surface area contributed by atoms with E-state index < -0.39 is 0 Å². The van der Waals surface area contributed by atoms with Gasteiger partial charge in [0.05, 0.1) is 4.92 Å². The maximum absolute atomic E-state index is 11.0. The Labute approximate surface area is 153 Å². The van der Waals surface area contributed by atoms with Gasteiger partial charge >= 0.3 is 0 Å². The fourth-order valence-electron chi connectivity index (χ4n) is 3.57. The number of piperazine rings is 1. The van der Waals surface area contributed by atoms with Crippen molar-refractivity contribution in [2.45, 2.75) is 19.5 Å². The van der Waals surface area contributed by atoms with Crippen molar-refractivity contribution >= 4 is 17.3 Å². The molecule has 0 bridgehead atoms. The first kappa shape index (κ1) is 17.9. The maximum atomic E-state index is 11.0. The summed E-state index contributed by atoms with van der Waals surface area (Å²) in [6.07, 6.45) is 0.